The first-order chi connectivity index (χ1) is 17.6. The van der Waals surface area contributed by atoms with Crippen LogP contribution in [0.2, 0.25) is 0 Å². The zero-order chi connectivity index (χ0) is 24.8. The van der Waals surface area contributed by atoms with Crippen LogP contribution in [0.15, 0.2) is 79.4 Å². The van der Waals surface area contributed by atoms with E-state index in [4.69, 9.17) is 0 Å². The van der Waals surface area contributed by atoms with Crippen LogP contribution in [-0.4, -0.2) is 57.8 Å². The number of benzene rings is 1. The lowest BCUT2D eigenvalue weighted by molar-refractivity contribution is -0.138. The normalized spacial score (nSPS) is 18.3. The number of nitrogens with zero attached hydrogens (tertiary/aromatic N) is 4. The number of nitrogens with one attached hydrogen (secondary N) is 1. The molecular weight excluding hydrogens is 450 g/mol. The van der Waals surface area contributed by atoms with Crippen molar-refractivity contribution in [2.24, 2.45) is 5.41 Å². The Kier molecular flexibility index (Phi) is 7.37. The molecule has 0 saturated carbocycles. The molecule has 1 N–H and O–H groups in total. The van der Waals surface area contributed by atoms with Gasteiger partial charge in [0.2, 0.25) is 5.91 Å². The van der Waals surface area contributed by atoms with Crippen molar-refractivity contribution in [2.45, 2.75) is 38.3 Å². The second-order valence-corrected chi connectivity index (χ2v) is 9.92. The van der Waals surface area contributed by atoms with Crippen LogP contribution in [0.4, 0.5) is 0 Å². The molecule has 5 rings (SSSR count). The zero-order valence-corrected chi connectivity index (χ0v) is 20.6. The maximum absolute atomic E-state index is 13.3. The predicted octanol–water partition coefficient (Wildman–Crippen LogP) is 3.85. The summed E-state index contributed by atoms with van der Waals surface area (Å²) in [6.45, 7) is 4.16. The third kappa shape index (κ3) is 5.46. The fraction of sp³-hybridized carbons (Fsp3) is 0.379. The summed E-state index contributed by atoms with van der Waals surface area (Å²) in [7, 11) is 0. The quantitative estimate of drug-likeness (QED) is 0.527. The van der Waals surface area contributed by atoms with E-state index in [0.717, 1.165) is 63.0 Å². The average molecular weight is 484 g/mol. The van der Waals surface area contributed by atoms with Gasteiger partial charge in [-0.15, -0.1) is 0 Å². The van der Waals surface area contributed by atoms with E-state index >= 15 is 0 Å². The summed E-state index contributed by atoms with van der Waals surface area (Å²) in [5.74, 6) is 0.215. The second-order valence-electron chi connectivity index (χ2n) is 9.92. The van der Waals surface area contributed by atoms with Gasteiger partial charge in [-0.2, -0.15) is 0 Å². The molecule has 2 aliphatic rings. The topological polar surface area (TPSA) is 78.4 Å². The third-order valence-electron chi connectivity index (χ3n) is 7.69. The van der Waals surface area contributed by atoms with E-state index in [-0.39, 0.29) is 17.4 Å². The fourth-order valence-electron chi connectivity index (χ4n) is 5.49. The molecule has 186 valence electrons. The van der Waals surface area contributed by atoms with E-state index in [1.165, 1.54) is 0 Å². The van der Waals surface area contributed by atoms with Crippen molar-refractivity contribution in [1.29, 1.82) is 0 Å². The smallest absolute Gasteiger partial charge is 0.251 e. The number of rotatable bonds is 8. The summed E-state index contributed by atoms with van der Waals surface area (Å²) < 4.78 is 0. The first-order valence-electron chi connectivity index (χ1n) is 12.8. The van der Waals surface area contributed by atoms with Gasteiger partial charge in [0, 0.05) is 50.0 Å². The molecule has 2 aromatic heterocycles. The van der Waals surface area contributed by atoms with Gasteiger partial charge in [-0.3, -0.25) is 19.6 Å². The Bertz CT molecular complexity index is 1150. The van der Waals surface area contributed by atoms with Crippen LogP contribution in [0, 0.1) is 5.41 Å². The molecule has 2 saturated heterocycles. The molecule has 7 heteroatoms. The predicted molar refractivity (Wildman–Crippen MR) is 138 cm³/mol. The molecule has 2 aliphatic heterocycles. The summed E-state index contributed by atoms with van der Waals surface area (Å²) >= 11 is 0. The van der Waals surface area contributed by atoms with Crippen LogP contribution < -0.4 is 5.32 Å². The lowest BCUT2D eigenvalue weighted by atomic mass is 9.77. The molecule has 1 atom stereocenters. The SMILES string of the molecule is O=C(NC(CCN1CCC2(CC1)CCN(Cc1cccnc1)C2=O)c1ccccc1)c1ccncc1. The fourth-order valence-corrected chi connectivity index (χ4v) is 5.49. The Morgan fingerprint density at radius 1 is 0.917 bits per heavy atom. The van der Waals surface area contributed by atoms with Crippen LogP contribution >= 0.6 is 0 Å². The van der Waals surface area contributed by atoms with E-state index in [1.807, 2.05) is 41.4 Å². The van der Waals surface area contributed by atoms with Gasteiger partial charge >= 0.3 is 0 Å². The highest BCUT2D eigenvalue weighted by molar-refractivity contribution is 5.94. The van der Waals surface area contributed by atoms with E-state index in [0.29, 0.717) is 18.0 Å². The van der Waals surface area contributed by atoms with Gasteiger partial charge in [0.1, 0.15) is 0 Å². The highest BCUT2D eigenvalue weighted by Crippen LogP contribution is 2.42. The molecule has 1 spiro atoms. The van der Waals surface area contributed by atoms with Gasteiger partial charge < -0.3 is 15.1 Å². The van der Waals surface area contributed by atoms with Crippen molar-refractivity contribution in [2.75, 3.05) is 26.2 Å². The molecule has 2 fully saturated rings. The van der Waals surface area contributed by atoms with Gasteiger partial charge in [-0.25, -0.2) is 0 Å². The Morgan fingerprint density at radius 2 is 1.67 bits per heavy atom. The Hall–Kier alpha value is -3.58. The summed E-state index contributed by atoms with van der Waals surface area (Å²) in [5.41, 5.74) is 2.58. The molecule has 0 aliphatic carbocycles. The van der Waals surface area contributed by atoms with E-state index in [2.05, 4.69) is 32.3 Å². The van der Waals surface area contributed by atoms with Crippen LogP contribution in [0.1, 0.15) is 53.2 Å². The Morgan fingerprint density at radius 3 is 2.39 bits per heavy atom. The zero-order valence-electron chi connectivity index (χ0n) is 20.6. The minimum atomic E-state index is -0.215. The molecule has 7 nitrogen and oxygen atoms in total. The van der Waals surface area contributed by atoms with E-state index in [9.17, 15) is 9.59 Å². The number of likely N-dealkylation sites (tertiary alicyclic amines) is 2. The van der Waals surface area contributed by atoms with Crippen molar-refractivity contribution in [1.82, 2.24) is 25.1 Å². The number of carbonyl (C=O) groups excluding carboxylic acids is 2. The molecule has 0 radical (unpaired) electrons. The summed E-state index contributed by atoms with van der Waals surface area (Å²) in [5, 5.41) is 3.21. The monoisotopic (exact) mass is 483 g/mol. The molecule has 36 heavy (non-hydrogen) atoms. The third-order valence-corrected chi connectivity index (χ3v) is 7.69. The highest BCUT2D eigenvalue weighted by Gasteiger charge is 2.47. The first kappa shape index (κ1) is 24.1. The summed E-state index contributed by atoms with van der Waals surface area (Å²) in [6.07, 6.45) is 10.4. The Balaban J connectivity index is 1.17. The van der Waals surface area contributed by atoms with Crippen LogP contribution in [0.5, 0.6) is 0 Å². The molecule has 0 bridgehead atoms. The van der Waals surface area contributed by atoms with Crippen LogP contribution in [0.25, 0.3) is 0 Å². The van der Waals surface area contributed by atoms with Crippen molar-refractivity contribution in [3.63, 3.8) is 0 Å². The summed E-state index contributed by atoms with van der Waals surface area (Å²) in [4.78, 5) is 38.8. The van der Waals surface area contributed by atoms with E-state index < -0.39 is 0 Å². The second kappa shape index (κ2) is 11.0. The van der Waals surface area contributed by atoms with Gasteiger partial charge in [-0.1, -0.05) is 36.4 Å². The number of hydrogen-bond donors (Lipinski definition) is 1. The molecule has 1 aromatic carbocycles. The number of amides is 2. The lowest BCUT2D eigenvalue weighted by Gasteiger charge is -2.38. The number of pyridine rings is 2. The first-order valence-corrected chi connectivity index (χ1v) is 12.8. The largest absolute Gasteiger partial charge is 0.345 e. The maximum Gasteiger partial charge on any atom is 0.251 e. The van der Waals surface area contributed by atoms with Crippen molar-refractivity contribution in [3.05, 3.63) is 96.1 Å². The molecule has 2 amide bonds. The lowest BCUT2D eigenvalue weighted by Crippen LogP contribution is -2.45. The van der Waals surface area contributed by atoms with Gasteiger partial charge in [-0.05, 0) is 68.1 Å². The number of aromatic nitrogens is 2. The maximum atomic E-state index is 13.3. The Labute approximate surface area is 212 Å². The molecule has 4 heterocycles. The number of carbonyl (C=O) groups is 2. The van der Waals surface area contributed by atoms with Gasteiger partial charge in [0.15, 0.2) is 0 Å². The summed E-state index contributed by atoms with van der Waals surface area (Å²) in [6, 6.07) is 17.5. The average Bonchev–Trinajstić information content (AvgIpc) is 3.23. The van der Waals surface area contributed by atoms with E-state index in [1.54, 1.807) is 30.7 Å². The van der Waals surface area contributed by atoms with Gasteiger partial charge in [0.25, 0.3) is 5.91 Å². The minimum absolute atomic E-state index is 0.0779. The van der Waals surface area contributed by atoms with Crippen molar-refractivity contribution >= 4 is 11.8 Å². The standard InChI is InChI=1S/C29H33N5O2/c35-27(25-8-15-30-16-9-25)32-26(24-6-2-1-3-7-24)10-17-33-18-11-29(12-19-33)13-20-34(28(29)36)22-23-5-4-14-31-21-23/h1-9,14-16,21,26H,10-13,17-20,22H2,(H,32,35). The highest BCUT2D eigenvalue weighted by atomic mass is 16.2. The number of hydrogen-bond acceptors (Lipinski definition) is 5. The van der Waals surface area contributed by atoms with Crippen molar-refractivity contribution < 1.29 is 9.59 Å². The molecule has 1 unspecified atom stereocenters. The van der Waals surface area contributed by atoms with Gasteiger partial charge in [0.05, 0.1) is 11.5 Å². The molecular formula is C29H33N5O2. The molecule has 3 aromatic rings. The van der Waals surface area contributed by atoms with Crippen LogP contribution in [0.3, 0.4) is 0 Å². The minimum Gasteiger partial charge on any atom is -0.345 e. The van der Waals surface area contributed by atoms with Crippen molar-refractivity contribution in [3.8, 4) is 0 Å². The number of piperidine rings is 1. The van der Waals surface area contributed by atoms with Crippen LogP contribution in [-0.2, 0) is 11.3 Å².